The molecule has 2 amide bonds. The van der Waals surface area contributed by atoms with Gasteiger partial charge in [0.1, 0.15) is 29.4 Å². The van der Waals surface area contributed by atoms with E-state index in [0.29, 0.717) is 16.9 Å². The van der Waals surface area contributed by atoms with Gasteiger partial charge in [-0.1, -0.05) is 36.4 Å². The van der Waals surface area contributed by atoms with Gasteiger partial charge in [0, 0.05) is 18.2 Å². The van der Waals surface area contributed by atoms with Crippen molar-refractivity contribution in [2.45, 2.75) is 37.3 Å². The number of ether oxygens (including phenoxy) is 1. The first-order chi connectivity index (χ1) is 19.3. The average Bonchev–Trinajstić information content (AvgIpc) is 3.64. The second-order valence-electron chi connectivity index (χ2n) is 10.5. The summed E-state index contributed by atoms with van der Waals surface area (Å²) in [6.45, 7) is 1.97. The smallest absolute Gasteiger partial charge is 0.251 e. The van der Waals surface area contributed by atoms with Gasteiger partial charge in [-0.25, -0.2) is 8.78 Å². The van der Waals surface area contributed by atoms with Crippen LogP contribution in [0.1, 0.15) is 57.5 Å². The van der Waals surface area contributed by atoms with E-state index in [0.717, 1.165) is 40.7 Å². The minimum absolute atomic E-state index is 0.202. The fourth-order valence-electron chi connectivity index (χ4n) is 5.52. The summed E-state index contributed by atoms with van der Waals surface area (Å²) in [5.74, 6) is -1.10. The van der Waals surface area contributed by atoms with Crippen molar-refractivity contribution in [3.63, 3.8) is 0 Å². The van der Waals surface area contributed by atoms with Crippen molar-refractivity contribution in [3.8, 4) is 16.9 Å². The van der Waals surface area contributed by atoms with E-state index in [-0.39, 0.29) is 23.4 Å². The molecule has 4 aromatic rings. The fourth-order valence-corrected chi connectivity index (χ4v) is 5.52. The molecule has 4 aromatic carbocycles. The largest absolute Gasteiger partial charge is 0.484 e. The lowest BCUT2D eigenvalue weighted by Gasteiger charge is -2.19. The molecular formula is C33H28F2N2O3. The fraction of sp³-hybridized carbons (Fsp3) is 0.212. The molecule has 40 heavy (non-hydrogen) atoms. The van der Waals surface area contributed by atoms with Gasteiger partial charge in [0.15, 0.2) is 0 Å². The van der Waals surface area contributed by atoms with Crippen LogP contribution in [-0.4, -0.2) is 18.9 Å². The lowest BCUT2D eigenvalue weighted by atomic mass is 9.88. The molecule has 1 aliphatic carbocycles. The molecule has 0 bridgehead atoms. The van der Waals surface area contributed by atoms with Gasteiger partial charge >= 0.3 is 0 Å². The number of carbonyl (C=O) groups excluding carboxylic acids is 2. The number of likely N-dealkylation sites (N-methyl/N-ethyl adjacent to an activating group) is 1. The number of halogens is 2. The van der Waals surface area contributed by atoms with Crippen LogP contribution >= 0.6 is 0 Å². The normalized spacial score (nSPS) is 18.4. The molecular weight excluding hydrogens is 510 g/mol. The van der Waals surface area contributed by atoms with Gasteiger partial charge in [0.2, 0.25) is 5.91 Å². The van der Waals surface area contributed by atoms with E-state index in [1.165, 1.54) is 24.3 Å². The Morgan fingerprint density at radius 3 is 2.20 bits per heavy atom. The molecule has 0 radical (unpaired) electrons. The average molecular weight is 539 g/mol. The molecule has 5 nitrogen and oxygen atoms in total. The van der Waals surface area contributed by atoms with Gasteiger partial charge in [-0.2, -0.15) is 0 Å². The first kappa shape index (κ1) is 25.7. The molecule has 1 heterocycles. The van der Waals surface area contributed by atoms with Crippen LogP contribution in [0.2, 0.25) is 0 Å². The highest BCUT2D eigenvalue weighted by Crippen LogP contribution is 2.48. The highest BCUT2D eigenvalue weighted by Gasteiger charge is 2.46. The van der Waals surface area contributed by atoms with Crippen molar-refractivity contribution in [2.75, 3.05) is 7.05 Å². The van der Waals surface area contributed by atoms with E-state index in [1.54, 1.807) is 37.4 Å². The van der Waals surface area contributed by atoms with Crippen LogP contribution < -0.4 is 15.4 Å². The lowest BCUT2D eigenvalue weighted by Crippen LogP contribution is -2.34. The number of amides is 2. The van der Waals surface area contributed by atoms with Crippen LogP contribution in [0.4, 0.5) is 8.78 Å². The summed E-state index contributed by atoms with van der Waals surface area (Å²) in [4.78, 5) is 26.4. The molecule has 1 fully saturated rings. The van der Waals surface area contributed by atoms with Crippen LogP contribution in [0.5, 0.6) is 5.75 Å². The minimum Gasteiger partial charge on any atom is -0.484 e. The molecule has 2 atom stereocenters. The van der Waals surface area contributed by atoms with E-state index in [9.17, 15) is 18.4 Å². The molecule has 0 saturated heterocycles. The topological polar surface area (TPSA) is 67.4 Å². The third-order valence-electron chi connectivity index (χ3n) is 7.94. The zero-order chi connectivity index (χ0) is 28.0. The maximum absolute atomic E-state index is 13.6. The Morgan fingerprint density at radius 2 is 1.55 bits per heavy atom. The molecule has 6 rings (SSSR count). The van der Waals surface area contributed by atoms with Crippen molar-refractivity contribution < 1.29 is 23.1 Å². The number of hydrogen-bond donors (Lipinski definition) is 2. The Morgan fingerprint density at radius 1 is 0.875 bits per heavy atom. The summed E-state index contributed by atoms with van der Waals surface area (Å²) in [6, 6.07) is 23.5. The van der Waals surface area contributed by atoms with Gasteiger partial charge in [-0.15, -0.1) is 0 Å². The zero-order valence-corrected chi connectivity index (χ0v) is 22.1. The molecule has 2 aliphatic rings. The SMILES string of the molecule is CNC(=O)C1c2cc(-c3cc(C(=O)NC4(c5ccc(F)cc5)CC4)ccc3C)ccc2OC1c1ccc(F)cc1. The zero-order valence-electron chi connectivity index (χ0n) is 22.1. The number of benzene rings is 4. The van der Waals surface area contributed by atoms with Crippen LogP contribution in [0, 0.1) is 18.6 Å². The number of hydrogen-bond acceptors (Lipinski definition) is 3. The molecule has 202 valence electrons. The van der Waals surface area contributed by atoms with Crippen LogP contribution in [0.3, 0.4) is 0 Å². The van der Waals surface area contributed by atoms with E-state index in [1.807, 2.05) is 37.3 Å². The Balaban J connectivity index is 1.31. The molecule has 2 unspecified atom stereocenters. The van der Waals surface area contributed by atoms with Crippen molar-refractivity contribution in [1.82, 2.24) is 10.6 Å². The summed E-state index contributed by atoms with van der Waals surface area (Å²) in [5, 5.41) is 5.89. The summed E-state index contributed by atoms with van der Waals surface area (Å²) in [7, 11) is 1.58. The van der Waals surface area contributed by atoms with Crippen molar-refractivity contribution in [1.29, 1.82) is 0 Å². The minimum atomic E-state index is -0.623. The molecule has 7 heteroatoms. The second kappa shape index (κ2) is 9.90. The van der Waals surface area contributed by atoms with Gasteiger partial charge in [-0.05, 0) is 96.1 Å². The predicted molar refractivity (Wildman–Crippen MR) is 148 cm³/mol. The third-order valence-corrected chi connectivity index (χ3v) is 7.94. The molecule has 0 aromatic heterocycles. The number of nitrogens with one attached hydrogen (secondary N) is 2. The maximum Gasteiger partial charge on any atom is 0.251 e. The Bertz CT molecular complexity index is 1610. The van der Waals surface area contributed by atoms with E-state index in [2.05, 4.69) is 10.6 Å². The molecule has 2 N–H and O–H groups in total. The Hall–Kier alpha value is -4.52. The van der Waals surface area contributed by atoms with E-state index >= 15 is 0 Å². The van der Waals surface area contributed by atoms with Gasteiger partial charge < -0.3 is 15.4 Å². The van der Waals surface area contributed by atoms with Crippen molar-refractivity contribution >= 4 is 11.8 Å². The number of fused-ring (bicyclic) bond motifs is 1. The summed E-state index contributed by atoms with van der Waals surface area (Å²) in [6.07, 6.45) is 0.999. The third kappa shape index (κ3) is 4.62. The first-order valence-electron chi connectivity index (χ1n) is 13.3. The molecule has 1 aliphatic heterocycles. The standard InChI is InChI=1S/C33H28F2N2O3/c1-19-3-4-22(31(38)37-33(15-16-33)23-8-12-25(35)13-9-23)18-26(19)21-7-14-28-27(17-21)29(32(39)36-2)30(40-28)20-5-10-24(34)11-6-20/h3-14,17-18,29-30H,15-16H2,1-2H3,(H,36,39)(H,37,38). The molecule has 0 spiro atoms. The van der Waals surface area contributed by atoms with Crippen molar-refractivity contribution in [3.05, 3.63) is 124 Å². The highest BCUT2D eigenvalue weighted by atomic mass is 19.1. The van der Waals surface area contributed by atoms with Gasteiger partial charge in [0.25, 0.3) is 5.91 Å². The Kier molecular flexibility index (Phi) is 6.37. The first-order valence-corrected chi connectivity index (χ1v) is 13.3. The predicted octanol–water partition coefficient (Wildman–Crippen LogP) is 6.32. The quantitative estimate of drug-likeness (QED) is 0.302. The Labute approximate surface area is 231 Å². The summed E-state index contributed by atoms with van der Waals surface area (Å²) < 4.78 is 33.2. The van der Waals surface area contributed by atoms with E-state index in [4.69, 9.17) is 4.74 Å². The monoisotopic (exact) mass is 538 g/mol. The number of carbonyl (C=O) groups is 2. The van der Waals surface area contributed by atoms with Gasteiger partial charge in [0.05, 0.1) is 5.54 Å². The van der Waals surface area contributed by atoms with E-state index < -0.39 is 17.6 Å². The van der Waals surface area contributed by atoms with Crippen LogP contribution in [0.25, 0.3) is 11.1 Å². The van der Waals surface area contributed by atoms with Crippen LogP contribution in [0.15, 0.2) is 84.9 Å². The summed E-state index contributed by atoms with van der Waals surface area (Å²) in [5.41, 5.74) is 5.05. The summed E-state index contributed by atoms with van der Waals surface area (Å²) >= 11 is 0. The number of aryl methyl sites for hydroxylation is 1. The lowest BCUT2D eigenvalue weighted by molar-refractivity contribution is -0.123. The second-order valence-corrected chi connectivity index (χ2v) is 10.5. The maximum atomic E-state index is 13.6. The van der Waals surface area contributed by atoms with Gasteiger partial charge in [-0.3, -0.25) is 9.59 Å². The number of rotatable bonds is 6. The highest BCUT2D eigenvalue weighted by molar-refractivity contribution is 5.97. The van der Waals surface area contributed by atoms with Crippen molar-refractivity contribution in [2.24, 2.45) is 0 Å². The van der Waals surface area contributed by atoms with Crippen LogP contribution in [-0.2, 0) is 10.3 Å². The molecule has 1 saturated carbocycles.